The second-order valence-corrected chi connectivity index (χ2v) is 6.00. The van der Waals surface area contributed by atoms with E-state index in [4.69, 9.17) is 23.2 Å². The molecule has 0 spiro atoms. The number of hydrogen-bond acceptors (Lipinski definition) is 2. The highest BCUT2D eigenvalue weighted by molar-refractivity contribution is 6.39. The van der Waals surface area contributed by atoms with Crippen LogP contribution in [0.5, 0.6) is 0 Å². The SMILES string of the molecule is Cl.O=C(c1c(Cl)cccc1Cl)N1C2CCNCC1CC2. The van der Waals surface area contributed by atoms with Gasteiger partial charge in [-0.15, -0.1) is 12.4 Å². The van der Waals surface area contributed by atoms with Gasteiger partial charge in [0.1, 0.15) is 0 Å². The van der Waals surface area contributed by atoms with Crippen LogP contribution in [0.25, 0.3) is 0 Å². The standard InChI is InChI=1S/C14H16Cl2N2O.ClH/c15-11-2-1-3-12(16)13(11)14(19)18-9-4-5-10(18)8-17-7-6-9;/h1-3,9-10,17H,4-8H2;1H. The zero-order valence-corrected chi connectivity index (χ0v) is 13.3. The van der Waals surface area contributed by atoms with Gasteiger partial charge in [0.05, 0.1) is 15.6 Å². The maximum absolute atomic E-state index is 12.8. The summed E-state index contributed by atoms with van der Waals surface area (Å²) in [5, 5.41) is 4.26. The lowest BCUT2D eigenvalue weighted by Gasteiger charge is -2.28. The summed E-state index contributed by atoms with van der Waals surface area (Å²) in [6.07, 6.45) is 3.15. The van der Waals surface area contributed by atoms with Crippen LogP contribution in [-0.2, 0) is 0 Å². The fourth-order valence-corrected chi connectivity index (χ4v) is 3.70. The first kappa shape index (κ1) is 15.9. The highest BCUT2D eigenvalue weighted by atomic mass is 35.5. The van der Waals surface area contributed by atoms with Gasteiger partial charge in [-0.2, -0.15) is 0 Å². The Labute approximate surface area is 135 Å². The van der Waals surface area contributed by atoms with E-state index in [1.165, 1.54) is 0 Å². The summed E-state index contributed by atoms with van der Waals surface area (Å²) >= 11 is 12.3. The first-order valence-corrected chi connectivity index (χ1v) is 7.41. The van der Waals surface area contributed by atoms with Gasteiger partial charge in [-0.3, -0.25) is 4.79 Å². The van der Waals surface area contributed by atoms with E-state index in [0.29, 0.717) is 21.7 Å². The third-order valence-corrected chi connectivity index (χ3v) is 4.70. The van der Waals surface area contributed by atoms with Crippen molar-refractivity contribution in [2.45, 2.75) is 31.3 Å². The van der Waals surface area contributed by atoms with Crippen LogP contribution in [0.4, 0.5) is 0 Å². The number of amides is 1. The molecule has 6 heteroatoms. The van der Waals surface area contributed by atoms with Crippen LogP contribution in [0.2, 0.25) is 10.0 Å². The van der Waals surface area contributed by atoms with E-state index in [0.717, 1.165) is 32.4 Å². The van der Waals surface area contributed by atoms with E-state index in [1.807, 2.05) is 4.90 Å². The van der Waals surface area contributed by atoms with Gasteiger partial charge in [-0.25, -0.2) is 0 Å². The zero-order valence-electron chi connectivity index (χ0n) is 10.9. The molecule has 2 unspecified atom stereocenters. The van der Waals surface area contributed by atoms with Crippen molar-refractivity contribution in [3.05, 3.63) is 33.8 Å². The molecule has 0 aliphatic carbocycles. The molecular weight excluding hydrogens is 319 g/mol. The normalized spacial score (nSPS) is 25.0. The number of hydrogen-bond donors (Lipinski definition) is 1. The molecule has 1 aromatic carbocycles. The van der Waals surface area contributed by atoms with E-state index in [1.54, 1.807) is 18.2 Å². The Balaban J connectivity index is 0.00000147. The number of halogens is 3. The number of carbonyl (C=O) groups is 1. The molecule has 1 N–H and O–H groups in total. The smallest absolute Gasteiger partial charge is 0.257 e. The van der Waals surface area contributed by atoms with Crippen molar-refractivity contribution in [3.8, 4) is 0 Å². The molecule has 2 atom stereocenters. The second kappa shape index (κ2) is 6.52. The van der Waals surface area contributed by atoms with Gasteiger partial charge in [0.15, 0.2) is 0 Å². The van der Waals surface area contributed by atoms with Gasteiger partial charge in [0.2, 0.25) is 0 Å². The molecule has 2 aliphatic heterocycles. The average Bonchev–Trinajstić information content (AvgIpc) is 2.62. The van der Waals surface area contributed by atoms with Gasteiger partial charge >= 0.3 is 0 Å². The van der Waals surface area contributed by atoms with Crippen LogP contribution < -0.4 is 5.32 Å². The average molecular weight is 336 g/mol. The summed E-state index contributed by atoms with van der Waals surface area (Å²) < 4.78 is 0. The number of rotatable bonds is 1. The Hall–Kier alpha value is -0.480. The molecule has 2 heterocycles. The molecule has 2 aliphatic rings. The van der Waals surface area contributed by atoms with E-state index in [2.05, 4.69) is 5.32 Å². The van der Waals surface area contributed by atoms with Gasteiger partial charge in [0, 0.05) is 18.6 Å². The maximum atomic E-state index is 12.8. The lowest BCUT2D eigenvalue weighted by molar-refractivity contribution is 0.0680. The van der Waals surface area contributed by atoms with E-state index < -0.39 is 0 Å². The van der Waals surface area contributed by atoms with Crippen LogP contribution in [0.3, 0.4) is 0 Å². The molecule has 0 aromatic heterocycles. The van der Waals surface area contributed by atoms with Gasteiger partial charge in [-0.05, 0) is 37.9 Å². The molecule has 1 aromatic rings. The van der Waals surface area contributed by atoms with Crippen molar-refractivity contribution in [1.82, 2.24) is 10.2 Å². The van der Waals surface area contributed by atoms with Crippen molar-refractivity contribution in [2.75, 3.05) is 13.1 Å². The second-order valence-electron chi connectivity index (χ2n) is 5.19. The van der Waals surface area contributed by atoms with Crippen molar-refractivity contribution in [1.29, 1.82) is 0 Å². The zero-order chi connectivity index (χ0) is 13.4. The number of benzene rings is 1. The van der Waals surface area contributed by atoms with E-state index in [-0.39, 0.29) is 24.4 Å². The van der Waals surface area contributed by atoms with Crippen molar-refractivity contribution < 1.29 is 4.79 Å². The fraction of sp³-hybridized carbons (Fsp3) is 0.500. The molecule has 0 radical (unpaired) electrons. The molecule has 1 amide bonds. The van der Waals surface area contributed by atoms with Gasteiger partial charge < -0.3 is 10.2 Å². The number of carbonyl (C=O) groups excluding carboxylic acids is 1. The van der Waals surface area contributed by atoms with Crippen LogP contribution in [0, 0.1) is 0 Å². The van der Waals surface area contributed by atoms with Crippen molar-refractivity contribution >= 4 is 41.5 Å². The Morgan fingerprint density at radius 1 is 1.15 bits per heavy atom. The lowest BCUT2D eigenvalue weighted by Crippen LogP contribution is -2.42. The predicted molar refractivity (Wildman–Crippen MR) is 84.2 cm³/mol. The topological polar surface area (TPSA) is 32.3 Å². The Morgan fingerprint density at radius 3 is 2.50 bits per heavy atom. The molecule has 2 saturated heterocycles. The minimum atomic E-state index is -0.0215. The minimum Gasteiger partial charge on any atom is -0.331 e. The number of fused-ring (bicyclic) bond motifs is 2. The lowest BCUT2D eigenvalue weighted by atomic mass is 10.1. The van der Waals surface area contributed by atoms with Crippen LogP contribution >= 0.6 is 35.6 Å². The quantitative estimate of drug-likeness (QED) is 0.853. The minimum absolute atomic E-state index is 0. The third kappa shape index (κ3) is 2.77. The molecular formula is C14H17Cl3N2O. The molecule has 2 bridgehead atoms. The van der Waals surface area contributed by atoms with Crippen LogP contribution in [-0.4, -0.2) is 36.0 Å². The highest BCUT2D eigenvalue weighted by Gasteiger charge is 2.39. The Kier molecular flexibility index (Phi) is 5.19. The Morgan fingerprint density at radius 2 is 1.80 bits per heavy atom. The third-order valence-electron chi connectivity index (χ3n) is 4.07. The maximum Gasteiger partial charge on any atom is 0.257 e. The predicted octanol–water partition coefficient (Wildman–Crippen LogP) is 3.38. The monoisotopic (exact) mass is 334 g/mol. The van der Waals surface area contributed by atoms with Crippen LogP contribution in [0.1, 0.15) is 29.6 Å². The summed E-state index contributed by atoms with van der Waals surface area (Å²) in [7, 11) is 0. The molecule has 20 heavy (non-hydrogen) atoms. The molecule has 0 saturated carbocycles. The molecule has 3 nitrogen and oxygen atoms in total. The largest absolute Gasteiger partial charge is 0.331 e. The van der Waals surface area contributed by atoms with Gasteiger partial charge in [-0.1, -0.05) is 29.3 Å². The fourth-order valence-electron chi connectivity index (χ4n) is 3.15. The molecule has 110 valence electrons. The summed E-state index contributed by atoms with van der Waals surface area (Å²) in [6, 6.07) is 5.80. The van der Waals surface area contributed by atoms with E-state index >= 15 is 0 Å². The summed E-state index contributed by atoms with van der Waals surface area (Å²) in [4.78, 5) is 14.8. The van der Waals surface area contributed by atoms with E-state index in [9.17, 15) is 4.79 Å². The first-order chi connectivity index (χ1) is 9.18. The van der Waals surface area contributed by atoms with Crippen molar-refractivity contribution in [2.24, 2.45) is 0 Å². The van der Waals surface area contributed by atoms with Gasteiger partial charge in [0.25, 0.3) is 5.91 Å². The highest BCUT2D eigenvalue weighted by Crippen LogP contribution is 2.33. The van der Waals surface area contributed by atoms with Crippen LogP contribution in [0.15, 0.2) is 18.2 Å². The summed E-state index contributed by atoms with van der Waals surface area (Å²) in [5.41, 5.74) is 0.449. The molecule has 3 rings (SSSR count). The summed E-state index contributed by atoms with van der Waals surface area (Å²) in [5.74, 6) is -0.0215. The summed E-state index contributed by atoms with van der Waals surface area (Å²) in [6.45, 7) is 1.84. The Bertz CT molecular complexity index is 475. The molecule has 2 fully saturated rings. The van der Waals surface area contributed by atoms with Crippen molar-refractivity contribution in [3.63, 3.8) is 0 Å². The first-order valence-electron chi connectivity index (χ1n) is 6.66. The number of nitrogens with one attached hydrogen (secondary N) is 1. The number of nitrogens with zero attached hydrogens (tertiary/aromatic N) is 1.